The number of rotatable bonds is 3. The van der Waals surface area contributed by atoms with Crippen LogP contribution in [0.5, 0.6) is 0 Å². The van der Waals surface area contributed by atoms with E-state index in [2.05, 4.69) is 17.4 Å². The molecule has 1 aromatic carbocycles. The van der Waals surface area contributed by atoms with E-state index in [9.17, 15) is 4.39 Å². The van der Waals surface area contributed by atoms with Gasteiger partial charge in [0.1, 0.15) is 0 Å². The van der Waals surface area contributed by atoms with Gasteiger partial charge in [-0.1, -0.05) is 24.3 Å². The normalized spacial score (nSPS) is 21.4. The Hall–Kier alpha value is -0.890. The minimum atomic E-state index is -0.258. The summed E-state index contributed by atoms with van der Waals surface area (Å²) in [5, 5.41) is 3.35. The minimum Gasteiger partial charge on any atom is -0.316 e. The lowest BCUT2D eigenvalue weighted by Gasteiger charge is -2.09. The Balaban J connectivity index is 2.12. The highest BCUT2D eigenvalue weighted by atomic mass is 19.1. The largest absolute Gasteiger partial charge is 0.316 e. The molecule has 0 aromatic heterocycles. The van der Waals surface area contributed by atoms with Crippen LogP contribution in [0.15, 0.2) is 24.3 Å². The van der Waals surface area contributed by atoms with E-state index < -0.39 is 0 Å². The summed E-state index contributed by atoms with van der Waals surface area (Å²) < 4.78 is 12.2. The quantitative estimate of drug-likeness (QED) is 0.776. The van der Waals surface area contributed by atoms with E-state index in [1.54, 1.807) is 0 Å². The van der Waals surface area contributed by atoms with Crippen LogP contribution >= 0.6 is 0 Å². The zero-order chi connectivity index (χ0) is 9.80. The van der Waals surface area contributed by atoms with Crippen molar-refractivity contribution in [2.45, 2.75) is 18.8 Å². The maximum absolute atomic E-state index is 12.2. The highest BCUT2D eigenvalue weighted by molar-refractivity contribution is 5.27. The molecule has 1 aliphatic rings. The zero-order valence-electron chi connectivity index (χ0n) is 8.30. The number of alkyl halides is 1. The summed E-state index contributed by atoms with van der Waals surface area (Å²) in [5.41, 5.74) is 2.48. The van der Waals surface area contributed by atoms with Gasteiger partial charge in [-0.05, 0) is 30.0 Å². The molecule has 1 aliphatic heterocycles. The van der Waals surface area contributed by atoms with Crippen molar-refractivity contribution in [3.05, 3.63) is 35.4 Å². The van der Waals surface area contributed by atoms with Crippen molar-refractivity contribution in [3.8, 4) is 0 Å². The van der Waals surface area contributed by atoms with E-state index in [0.29, 0.717) is 12.3 Å². The topological polar surface area (TPSA) is 12.0 Å². The summed E-state index contributed by atoms with van der Waals surface area (Å²) in [6.45, 7) is 1.92. The fourth-order valence-electron chi connectivity index (χ4n) is 2.05. The average Bonchev–Trinajstić information content (AvgIpc) is 2.71. The second-order valence-electron chi connectivity index (χ2n) is 3.87. The van der Waals surface area contributed by atoms with Gasteiger partial charge in [0.15, 0.2) is 0 Å². The third-order valence-electron chi connectivity index (χ3n) is 2.87. The molecule has 2 rings (SSSR count). The van der Waals surface area contributed by atoms with E-state index in [1.165, 1.54) is 12.0 Å². The van der Waals surface area contributed by atoms with Gasteiger partial charge in [-0.15, -0.1) is 0 Å². The van der Waals surface area contributed by atoms with E-state index in [-0.39, 0.29) is 6.67 Å². The minimum absolute atomic E-state index is 0.258. The van der Waals surface area contributed by atoms with E-state index in [1.807, 2.05) is 12.1 Å². The van der Waals surface area contributed by atoms with Gasteiger partial charge >= 0.3 is 0 Å². The molecule has 0 spiro atoms. The van der Waals surface area contributed by atoms with Gasteiger partial charge in [0.2, 0.25) is 0 Å². The molecule has 1 heterocycles. The van der Waals surface area contributed by atoms with Crippen LogP contribution in [0, 0.1) is 0 Å². The Morgan fingerprint density at radius 3 is 3.07 bits per heavy atom. The second-order valence-corrected chi connectivity index (χ2v) is 3.87. The molecule has 1 N–H and O–H groups in total. The van der Waals surface area contributed by atoms with Crippen LogP contribution in [0.1, 0.15) is 23.5 Å². The van der Waals surface area contributed by atoms with E-state index >= 15 is 0 Å². The predicted molar refractivity (Wildman–Crippen MR) is 56.3 cm³/mol. The molecule has 1 fully saturated rings. The number of nitrogens with one attached hydrogen (secondary N) is 1. The fourth-order valence-corrected chi connectivity index (χ4v) is 2.05. The molecular weight excluding hydrogens is 177 g/mol. The van der Waals surface area contributed by atoms with E-state index in [4.69, 9.17) is 0 Å². The summed E-state index contributed by atoms with van der Waals surface area (Å²) in [4.78, 5) is 0. The van der Waals surface area contributed by atoms with Crippen molar-refractivity contribution in [1.29, 1.82) is 0 Å². The predicted octanol–water partition coefficient (Wildman–Crippen LogP) is 2.28. The third-order valence-corrected chi connectivity index (χ3v) is 2.87. The van der Waals surface area contributed by atoms with Crippen molar-refractivity contribution >= 4 is 0 Å². The van der Waals surface area contributed by atoms with E-state index in [0.717, 1.165) is 18.7 Å². The number of hydrogen-bond donors (Lipinski definition) is 1. The van der Waals surface area contributed by atoms with Gasteiger partial charge in [0, 0.05) is 13.0 Å². The molecule has 0 saturated carbocycles. The highest BCUT2D eigenvalue weighted by Crippen LogP contribution is 2.23. The Bertz CT molecular complexity index is 292. The van der Waals surface area contributed by atoms with Gasteiger partial charge < -0.3 is 5.32 Å². The summed E-state index contributed by atoms with van der Waals surface area (Å²) >= 11 is 0. The average molecular weight is 193 g/mol. The number of aryl methyl sites for hydroxylation is 1. The van der Waals surface area contributed by atoms with Crippen molar-refractivity contribution in [1.82, 2.24) is 5.32 Å². The Labute approximate surface area is 84.3 Å². The van der Waals surface area contributed by atoms with Gasteiger partial charge in [0.25, 0.3) is 0 Å². The maximum atomic E-state index is 12.2. The van der Waals surface area contributed by atoms with Gasteiger partial charge in [0.05, 0.1) is 6.67 Å². The number of benzene rings is 1. The lowest BCUT2D eigenvalue weighted by atomic mass is 9.96. The lowest BCUT2D eigenvalue weighted by molar-refractivity contribution is 0.495. The van der Waals surface area contributed by atoms with Gasteiger partial charge in [-0.2, -0.15) is 0 Å². The molecule has 1 nitrogen and oxygen atoms in total. The molecule has 1 atom stereocenters. The molecule has 1 unspecified atom stereocenters. The molecule has 0 amide bonds. The summed E-state index contributed by atoms with van der Waals surface area (Å²) in [6, 6.07) is 8.35. The maximum Gasteiger partial charge on any atom is 0.0934 e. The molecule has 2 heteroatoms. The van der Waals surface area contributed by atoms with Crippen LogP contribution in [0.3, 0.4) is 0 Å². The molecular formula is C12H16FN. The van der Waals surface area contributed by atoms with Gasteiger partial charge in [-0.3, -0.25) is 4.39 Å². The van der Waals surface area contributed by atoms with Crippen LogP contribution in [0.2, 0.25) is 0 Å². The second kappa shape index (κ2) is 4.56. The van der Waals surface area contributed by atoms with Gasteiger partial charge in [-0.25, -0.2) is 0 Å². The SMILES string of the molecule is FCCc1cccc(C2CCNC2)c1. The number of halogens is 1. The van der Waals surface area contributed by atoms with Crippen molar-refractivity contribution < 1.29 is 4.39 Å². The Morgan fingerprint density at radius 1 is 1.43 bits per heavy atom. The Morgan fingerprint density at radius 2 is 2.36 bits per heavy atom. The van der Waals surface area contributed by atoms with Crippen LogP contribution in [-0.2, 0) is 6.42 Å². The number of hydrogen-bond acceptors (Lipinski definition) is 1. The summed E-state index contributed by atoms with van der Waals surface area (Å²) in [7, 11) is 0. The first-order chi connectivity index (χ1) is 6.90. The van der Waals surface area contributed by atoms with Crippen LogP contribution in [0.4, 0.5) is 4.39 Å². The van der Waals surface area contributed by atoms with Crippen molar-refractivity contribution in [3.63, 3.8) is 0 Å². The molecule has 0 radical (unpaired) electrons. The zero-order valence-corrected chi connectivity index (χ0v) is 8.30. The summed E-state index contributed by atoms with van der Waals surface area (Å²) in [6.07, 6.45) is 1.76. The molecule has 1 saturated heterocycles. The molecule has 1 aromatic rings. The summed E-state index contributed by atoms with van der Waals surface area (Å²) in [5.74, 6) is 0.634. The highest BCUT2D eigenvalue weighted by Gasteiger charge is 2.16. The standard InChI is InChI=1S/C12H16FN/c13-6-4-10-2-1-3-11(8-10)12-5-7-14-9-12/h1-3,8,12,14H,4-7,9H2. The Kier molecular flexibility index (Phi) is 3.14. The van der Waals surface area contributed by atoms with Crippen LogP contribution in [0.25, 0.3) is 0 Å². The fraction of sp³-hybridized carbons (Fsp3) is 0.500. The first-order valence-corrected chi connectivity index (χ1v) is 5.25. The lowest BCUT2D eigenvalue weighted by Crippen LogP contribution is -2.08. The monoisotopic (exact) mass is 193 g/mol. The van der Waals surface area contributed by atoms with Crippen LogP contribution in [-0.4, -0.2) is 19.8 Å². The first-order valence-electron chi connectivity index (χ1n) is 5.25. The third kappa shape index (κ3) is 2.13. The molecule has 14 heavy (non-hydrogen) atoms. The van der Waals surface area contributed by atoms with Crippen molar-refractivity contribution in [2.24, 2.45) is 0 Å². The molecule has 0 bridgehead atoms. The van der Waals surface area contributed by atoms with Crippen LogP contribution < -0.4 is 5.32 Å². The first kappa shape index (κ1) is 9.66. The molecule has 76 valence electrons. The smallest absolute Gasteiger partial charge is 0.0934 e. The van der Waals surface area contributed by atoms with Crippen molar-refractivity contribution in [2.75, 3.05) is 19.8 Å². The molecule has 0 aliphatic carbocycles.